The van der Waals surface area contributed by atoms with E-state index in [9.17, 15) is 0 Å². The molecule has 1 heterocycles. The fourth-order valence-corrected chi connectivity index (χ4v) is 2.85. The zero-order chi connectivity index (χ0) is 12.3. The predicted molar refractivity (Wildman–Crippen MR) is 76.5 cm³/mol. The molecule has 0 saturated carbocycles. The van der Waals surface area contributed by atoms with E-state index in [0.29, 0.717) is 0 Å². The molecule has 2 heteroatoms. The molecule has 0 spiro atoms. The van der Waals surface area contributed by atoms with Crippen LogP contribution in [0.2, 0.25) is 0 Å². The minimum absolute atomic E-state index is 0.863. The van der Waals surface area contributed by atoms with Crippen LogP contribution in [0.5, 0.6) is 0 Å². The molecule has 1 rings (SSSR count). The van der Waals surface area contributed by atoms with E-state index in [2.05, 4.69) is 24.1 Å². The molecule has 0 unspecified atom stereocenters. The van der Waals surface area contributed by atoms with Gasteiger partial charge in [0.15, 0.2) is 0 Å². The van der Waals surface area contributed by atoms with Crippen LogP contribution in [-0.4, -0.2) is 37.1 Å². The molecule has 0 amide bonds. The number of rotatable bonds is 9. The van der Waals surface area contributed by atoms with Crippen molar-refractivity contribution in [3.63, 3.8) is 0 Å². The van der Waals surface area contributed by atoms with Gasteiger partial charge in [-0.3, -0.25) is 0 Å². The van der Waals surface area contributed by atoms with E-state index in [4.69, 9.17) is 0 Å². The van der Waals surface area contributed by atoms with E-state index in [1.165, 1.54) is 77.5 Å². The molecule has 1 fully saturated rings. The maximum atomic E-state index is 3.47. The quantitative estimate of drug-likeness (QED) is 0.621. The zero-order valence-corrected chi connectivity index (χ0v) is 12.0. The Morgan fingerprint density at radius 3 is 2.24 bits per heavy atom. The minimum atomic E-state index is 0.863. The number of hydrogen-bond acceptors (Lipinski definition) is 2. The van der Waals surface area contributed by atoms with Crippen LogP contribution < -0.4 is 5.32 Å². The first-order valence-corrected chi connectivity index (χ1v) is 7.83. The average molecular weight is 240 g/mol. The summed E-state index contributed by atoms with van der Waals surface area (Å²) in [6.45, 7) is 9.69. The number of nitrogens with zero attached hydrogens (tertiary/aromatic N) is 1. The summed E-state index contributed by atoms with van der Waals surface area (Å²) in [4.78, 5) is 2.76. The highest BCUT2D eigenvalue weighted by Crippen LogP contribution is 2.14. The van der Waals surface area contributed by atoms with E-state index in [1.54, 1.807) is 0 Å². The Balaban J connectivity index is 2.17. The molecule has 1 N–H and O–H groups in total. The van der Waals surface area contributed by atoms with Crippen molar-refractivity contribution >= 4 is 0 Å². The third kappa shape index (κ3) is 6.42. The lowest BCUT2D eigenvalue weighted by Crippen LogP contribution is -2.43. The summed E-state index contributed by atoms with van der Waals surface area (Å²) in [6, 6.07) is 0.863. The van der Waals surface area contributed by atoms with Gasteiger partial charge in [-0.2, -0.15) is 0 Å². The molecule has 1 aliphatic rings. The van der Waals surface area contributed by atoms with Crippen molar-refractivity contribution in [3.8, 4) is 0 Å². The number of nitrogens with one attached hydrogen (secondary N) is 1. The van der Waals surface area contributed by atoms with Crippen LogP contribution in [0, 0.1) is 0 Å². The van der Waals surface area contributed by atoms with Crippen LogP contribution in [0.4, 0.5) is 0 Å². The Kier molecular flexibility index (Phi) is 8.72. The molecule has 0 aromatic heterocycles. The van der Waals surface area contributed by atoms with Gasteiger partial charge in [-0.1, -0.05) is 39.5 Å². The molecule has 0 bridgehead atoms. The first-order valence-electron chi connectivity index (χ1n) is 7.83. The van der Waals surface area contributed by atoms with Crippen LogP contribution in [0.3, 0.4) is 0 Å². The zero-order valence-electron chi connectivity index (χ0n) is 12.0. The fraction of sp³-hybridized carbons (Fsp3) is 1.00. The van der Waals surface area contributed by atoms with Crippen molar-refractivity contribution in [2.75, 3.05) is 26.2 Å². The lowest BCUT2D eigenvalue weighted by molar-refractivity contribution is 0.159. The van der Waals surface area contributed by atoms with Crippen LogP contribution in [0.15, 0.2) is 0 Å². The van der Waals surface area contributed by atoms with Crippen molar-refractivity contribution in [1.82, 2.24) is 10.2 Å². The molecule has 102 valence electrons. The topological polar surface area (TPSA) is 15.3 Å². The minimum Gasteiger partial charge on any atom is -0.317 e. The maximum Gasteiger partial charge on any atom is 0.0119 e. The smallest absolute Gasteiger partial charge is 0.0119 e. The Labute approximate surface area is 108 Å². The van der Waals surface area contributed by atoms with E-state index in [0.717, 1.165) is 6.04 Å². The highest BCUT2D eigenvalue weighted by Gasteiger charge is 2.19. The SMILES string of the molecule is CCCCCCCN(CCC)C1CCNCC1. The molecule has 0 aromatic carbocycles. The summed E-state index contributed by atoms with van der Waals surface area (Å²) < 4.78 is 0. The van der Waals surface area contributed by atoms with Gasteiger partial charge in [0.2, 0.25) is 0 Å². The molecular weight excluding hydrogens is 208 g/mol. The summed E-state index contributed by atoms with van der Waals surface area (Å²) in [5.74, 6) is 0. The second kappa shape index (κ2) is 9.90. The predicted octanol–water partition coefficient (Wildman–Crippen LogP) is 3.42. The number of hydrogen-bond donors (Lipinski definition) is 1. The molecule has 0 radical (unpaired) electrons. The van der Waals surface area contributed by atoms with Crippen molar-refractivity contribution in [2.24, 2.45) is 0 Å². The summed E-state index contributed by atoms with van der Waals surface area (Å²) in [5.41, 5.74) is 0. The summed E-state index contributed by atoms with van der Waals surface area (Å²) in [5, 5.41) is 3.47. The lowest BCUT2D eigenvalue weighted by Gasteiger charge is -2.34. The molecular formula is C15H32N2. The monoisotopic (exact) mass is 240 g/mol. The first-order chi connectivity index (χ1) is 8.38. The molecule has 17 heavy (non-hydrogen) atoms. The van der Waals surface area contributed by atoms with Crippen LogP contribution in [0.25, 0.3) is 0 Å². The van der Waals surface area contributed by atoms with Gasteiger partial charge in [-0.25, -0.2) is 0 Å². The van der Waals surface area contributed by atoms with Gasteiger partial charge >= 0.3 is 0 Å². The fourth-order valence-electron chi connectivity index (χ4n) is 2.85. The van der Waals surface area contributed by atoms with Crippen LogP contribution >= 0.6 is 0 Å². The third-order valence-electron chi connectivity index (χ3n) is 3.88. The number of unbranched alkanes of at least 4 members (excludes halogenated alkanes) is 4. The first kappa shape index (κ1) is 15.0. The normalized spacial score (nSPS) is 17.8. The molecule has 2 nitrogen and oxygen atoms in total. The van der Waals surface area contributed by atoms with Gasteiger partial charge < -0.3 is 10.2 Å². The molecule has 0 aromatic rings. The van der Waals surface area contributed by atoms with Crippen molar-refractivity contribution in [1.29, 1.82) is 0 Å². The Morgan fingerprint density at radius 1 is 0.882 bits per heavy atom. The van der Waals surface area contributed by atoms with Gasteiger partial charge in [0, 0.05) is 6.04 Å². The van der Waals surface area contributed by atoms with Gasteiger partial charge in [-0.15, -0.1) is 0 Å². The van der Waals surface area contributed by atoms with E-state index in [1.807, 2.05) is 0 Å². The van der Waals surface area contributed by atoms with E-state index in [-0.39, 0.29) is 0 Å². The van der Waals surface area contributed by atoms with Crippen LogP contribution in [-0.2, 0) is 0 Å². The molecule has 0 atom stereocenters. The lowest BCUT2D eigenvalue weighted by atomic mass is 10.0. The standard InChI is InChI=1S/C15H32N2/c1-3-5-6-7-8-14-17(13-4-2)15-9-11-16-12-10-15/h15-16H,3-14H2,1-2H3. The van der Waals surface area contributed by atoms with Crippen molar-refractivity contribution < 1.29 is 0 Å². The largest absolute Gasteiger partial charge is 0.317 e. The highest BCUT2D eigenvalue weighted by molar-refractivity contribution is 4.77. The molecule has 0 aliphatic carbocycles. The van der Waals surface area contributed by atoms with Gasteiger partial charge in [-0.05, 0) is 51.9 Å². The number of piperidine rings is 1. The van der Waals surface area contributed by atoms with Gasteiger partial charge in [0.05, 0.1) is 0 Å². The van der Waals surface area contributed by atoms with Gasteiger partial charge in [0.25, 0.3) is 0 Å². The van der Waals surface area contributed by atoms with E-state index >= 15 is 0 Å². The van der Waals surface area contributed by atoms with Crippen LogP contribution in [0.1, 0.15) is 65.2 Å². The average Bonchev–Trinajstić information content (AvgIpc) is 2.38. The Hall–Kier alpha value is -0.0800. The third-order valence-corrected chi connectivity index (χ3v) is 3.88. The highest BCUT2D eigenvalue weighted by atomic mass is 15.2. The van der Waals surface area contributed by atoms with Gasteiger partial charge in [0.1, 0.15) is 0 Å². The second-order valence-electron chi connectivity index (χ2n) is 5.43. The summed E-state index contributed by atoms with van der Waals surface area (Å²) >= 11 is 0. The summed E-state index contributed by atoms with van der Waals surface area (Å²) in [7, 11) is 0. The second-order valence-corrected chi connectivity index (χ2v) is 5.43. The maximum absolute atomic E-state index is 3.47. The molecule has 1 aliphatic heterocycles. The van der Waals surface area contributed by atoms with Crippen molar-refractivity contribution in [3.05, 3.63) is 0 Å². The van der Waals surface area contributed by atoms with Crippen molar-refractivity contribution in [2.45, 2.75) is 71.3 Å². The summed E-state index contributed by atoms with van der Waals surface area (Å²) in [6.07, 6.45) is 11.1. The Bertz CT molecular complexity index is 164. The molecule has 1 saturated heterocycles. The van der Waals surface area contributed by atoms with E-state index < -0.39 is 0 Å². The Morgan fingerprint density at radius 2 is 1.59 bits per heavy atom.